The third kappa shape index (κ3) is 4.69. The van der Waals surface area contributed by atoms with E-state index in [4.69, 9.17) is 5.14 Å². The van der Waals surface area contributed by atoms with Crippen molar-refractivity contribution in [2.45, 2.75) is 18.7 Å². The van der Waals surface area contributed by atoms with Crippen LogP contribution in [0.4, 0.5) is 0 Å². The minimum atomic E-state index is -3.53. The van der Waals surface area contributed by atoms with Crippen LogP contribution >= 0.6 is 0 Å². The van der Waals surface area contributed by atoms with E-state index >= 15 is 0 Å². The summed E-state index contributed by atoms with van der Waals surface area (Å²) >= 11 is 0. The fraction of sp³-hybridized carbons (Fsp3) is 0.143. The number of hydrogen-bond donors (Lipinski definition) is 1. The lowest BCUT2D eigenvalue weighted by atomic mass is 10.2. The lowest BCUT2D eigenvalue weighted by Gasteiger charge is -2.00. The molecule has 0 heterocycles. The lowest BCUT2D eigenvalue weighted by molar-refractivity contribution is 0.597. The molecule has 4 heteroatoms. The molecule has 2 aromatic rings. The molecule has 18 heavy (non-hydrogen) atoms. The molecule has 2 N–H and O–H groups in total. The van der Waals surface area contributed by atoms with Crippen molar-refractivity contribution in [3.05, 3.63) is 65.7 Å². The van der Waals surface area contributed by atoms with Crippen LogP contribution in [0, 0.1) is 13.8 Å². The van der Waals surface area contributed by atoms with Crippen molar-refractivity contribution in [1.29, 1.82) is 0 Å². The number of primary sulfonamides is 1. The first-order valence-electron chi connectivity index (χ1n) is 5.51. The molecule has 0 radical (unpaired) electrons. The van der Waals surface area contributed by atoms with Gasteiger partial charge in [0.1, 0.15) is 0 Å². The second-order valence-corrected chi connectivity index (χ2v) is 5.50. The van der Waals surface area contributed by atoms with Gasteiger partial charge in [0.25, 0.3) is 0 Å². The van der Waals surface area contributed by atoms with E-state index in [2.05, 4.69) is 19.1 Å². The van der Waals surface area contributed by atoms with E-state index in [-0.39, 0.29) is 4.90 Å². The van der Waals surface area contributed by atoms with Gasteiger partial charge in [-0.3, -0.25) is 0 Å². The maximum atomic E-state index is 10.8. The van der Waals surface area contributed by atoms with E-state index in [1.165, 1.54) is 11.6 Å². The summed E-state index contributed by atoms with van der Waals surface area (Å²) in [4.78, 5) is 0.194. The summed E-state index contributed by atoms with van der Waals surface area (Å²) in [5, 5.41) is 4.93. The number of rotatable bonds is 1. The van der Waals surface area contributed by atoms with E-state index in [0.717, 1.165) is 0 Å². The average Bonchev–Trinajstić information content (AvgIpc) is 2.30. The van der Waals surface area contributed by atoms with Crippen LogP contribution in [0.2, 0.25) is 0 Å². The van der Waals surface area contributed by atoms with Gasteiger partial charge in [0.15, 0.2) is 0 Å². The molecule has 96 valence electrons. The third-order valence-corrected chi connectivity index (χ3v) is 3.41. The first kappa shape index (κ1) is 14.4. The van der Waals surface area contributed by atoms with Gasteiger partial charge in [-0.1, -0.05) is 54.1 Å². The molecule has 0 spiro atoms. The zero-order valence-electron chi connectivity index (χ0n) is 10.5. The Morgan fingerprint density at radius 2 is 1.33 bits per heavy atom. The highest BCUT2D eigenvalue weighted by molar-refractivity contribution is 7.89. The fourth-order valence-electron chi connectivity index (χ4n) is 1.41. The number of nitrogens with two attached hydrogens (primary N) is 1. The van der Waals surface area contributed by atoms with E-state index in [9.17, 15) is 8.42 Å². The summed E-state index contributed by atoms with van der Waals surface area (Å²) in [7, 11) is -3.53. The quantitative estimate of drug-likeness (QED) is 0.859. The summed E-state index contributed by atoms with van der Waals surface area (Å²) in [6.45, 7) is 3.79. The largest absolute Gasteiger partial charge is 0.238 e. The Labute approximate surface area is 108 Å². The van der Waals surface area contributed by atoms with Crippen molar-refractivity contribution in [2.75, 3.05) is 0 Å². The van der Waals surface area contributed by atoms with Crippen molar-refractivity contribution < 1.29 is 8.42 Å². The molecule has 0 aliphatic carbocycles. The van der Waals surface area contributed by atoms with Gasteiger partial charge in [-0.05, 0) is 25.5 Å². The Morgan fingerprint density at radius 1 is 0.833 bits per heavy atom. The molecule has 0 fully saturated rings. The van der Waals surface area contributed by atoms with Gasteiger partial charge in [-0.15, -0.1) is 0 Å². The average molecular weight is 263 g/mol. The molecule has 0 bridgehead atoms. The molecule has 0 aliphatic rings. The van der Waals surface area contributed by atoms with Gasteiger partial charge in [0.05, 0.1) is 4.90 Å². The van der Waals surface area contributed by atoms with E-state index in [1.54, 1.807) is 25.1 Å². The number of sulfonamides is 1. The van der Waals surface area contributed by atoms with E-state index in [1.807, 2.05) is 18.2 Å². The molecule has 0 amide bonds. The van der Waals surface area contributed by atoms with Gasteiger partial charge < -0.3 is 0 Å². The molecular formula is C14H17NO2S. The Balaban J connectivity index is 0.000000199. The predicted molar refractivity (Wildman–Crippen MR) is 73.7 cm³/mol. The van der Waals surface area contributed by atoms with Crippen molar-refractivity contribution in [2.24, 2.45) is 5.14 Å². The SMILES string of the molecule is Cc1ccccc1.Cc1ccccc1S(N)(=O)=O. The first-order chi connectivity index (χ1) is 8.41. The van der Waals surface area contributed by atoms with Crippen molar-refractivity contribution >= 4 is 10.0 Å². The molecule has 0 aromatic heterocycles. The minimum absolute atomic E-state index is 0.194. The molecule has 0 unspecified atom stereocenters. The van der Waals surface area contributed by atoms with Crippen LogP contribution in [0.5, 0.6) is 0 Å². The minimum Gasteiger partial charge on any atom is -0.225 e. The first-order valence-corrected chi connectivity index (χ1v) is 7.06. The van der Waals surface area contributed by atoms with Crippen LogP contribution in [0.3, 0.4) is 0 Å². The Morgan fingerprint density at radius 3 is 1.67 bits per heavy atom. The summed E-state index contributed by atoms with van der Waals surface area (Å²) in [5.74, 6) is 0. The standard InChI is InChI=1S/C7H9NO2S.C7H8/c1-6-4-2-3-5-7(6)11(8,9)10;1-7-5-3-2-4-6-7/h2-5H,1H3,(H2,8,9,10);2-6H,1H3. The topological polar surface area (TPSA) is 60.2 Å². The lowest BCUT2D eigenvalue weighted by Crippen LogP contribution is -2.13. The van der Waals surface area contributed by atoms with Crippen LogP contribution in [0.25, 0.3) is 0 Å². The highest BCUT2D eigenvalue weighted by Crippen LogP contribution is 2.10. The number of benzene rings is 2. The number of hydrogen-bond acceptors (Lipinski definition) is 2. The summed E-state index contributed by atoms with van der Waals surface area (Å²) in [6.07, 6.45) is 0. The van der Waals surface area contributed by atoms with Crippen molar-refractivity contribution in [3.63, 3.8) is 0 Å². The van der Waals surface area contributed by atoms with Crippen molar-refractivity contribution in [1.82, 2.24) is 0 Å². The molecule has 0 saturated heterocycles. The van der Waals surface area contributed by atoms with Gasteiger partial charge >= 0.3 is 0 Å². The molecule has 2 aromatic carbocycles. The zero-order chi connectivity index (χ0) is 13.6. The summed E-state index contributed by atoms with van der Waals surface area (Å²) in [6, 6.07) is 16.9. The van der Waals surface area contributed by atoms with Gasteiger partial charge in [0, 0.05) is 0 Å². The van der Waals surface area contributed by atoms with Gasteiger partial charge in [-0.25, -0.2) is 13.6 Å². The van der Waals surface area contributed by atoms with Crippen LogP contribution in [-0.2, 0) is 10.0 Å². The van der Waals surface area contributed by atoms with Gasteiger partial charge in [-0.2, -0.15) is 0 Å². The van der Waals surface area contributed by atoms with E-state index in [0.29, 0.717) is 5.56 Å². The zero-order valence-corrected chi connectivity index (χ0v) is 11.3. The second-order valence-electron chi connectivity index (χ2n) is 3.97. The van der Waals surface area contributed by atoms with Gasteiger partial charge in [0.2, 0.25) is 10.0 Å². The Kier molecular flexibility index (Phi) is 5.07. The highest BCUT2D eigenvalue weighted by atomic mass is 32.2. The monoisotopic (exact) mass is 263 g/mol. The van der Waals surface area contributed by atoms with Crippen molar-refractivity contribution in [3.8, 4) is 0 Å². The summed E-state index contributed by atoms with van der Waals surface area (Å²) in [5.41, 5.74) is 2.00. The fourth-order valence-corrected chi connectivity index (χ4v) is 2.20. The Bertz CT molecular complexity index is 592. The Hall–Kier alpha value is -1.65. The van der Waals surface area contributed by atoms with Crippen LogP contribution in [0.15, 0.2) is 59.5 Å². The summed E-state index contributed by atoms with van der Waals surface area (Å²) < 4.78 is 21.7. The maximum Gasteiger partial charge on any atom is 0.238 e. The molecule has 0 aliphatic heterocycles. The molecule has 2 rings (SSSR count). The van der Waals surface area contributed by atoms with Crippen LogP contribution < -0.4 is 5.14 Å². The van der Waals surface area contributed by atoms with Crippen LogP contribution in [0.1, 0.15) is 11.1 Å². The second kappa shape index (κ2) is 6.33. The van der Waals surface area contributed by atoms with Crippen LogP contribution in [-0.4, -0.2) is 8.42 Å². The molecule has 0 atom stereocenters. The van der Waals surface area contributed by atoms with E-state index < -0.39 is 10.0 Å². The third-order valence-electron chi connectivity index (χ3n) is 2.34. The predicted octanol–water partition coefficient (Wildman–Crippen LogP) is 2.64. The molecule has 0 saturated carbocycles. The normalized spacial score (nSPS) is 10.4. The molecular weight excluding hydrogens is 246 g/mol. The highest BCUT2D eigenvalue weighted by Gasteiger charge is 2.08. The molecule has 3 nitrogen and oxygen atoms in total. The number of aryl methyl sites for hydroxylation is 2. The smallest absolute Gasteiger partial charge is 0.225 e. The maximum absolute atomic E-state index is 10.8.